The molecule has 1 N–H and O–H groups in total. The summed E-state index contributed by atoms with van der Waals surface area (Å²) in [5.41, 5.74) is 1.24. The number of nitrogens with zero attached hydrogens (tertiary/aromatic N) is 3. The summed E-state index contributed by atoms with van der Waals surface area (Å²) < 4.78 is 0. The van der Waals surface area contributed by atoms with E-state index in [1.165, 1.54) is 0 Å². The monoisotopic (exact) mass is 579 g/mol. The van der Waals surface area contributed by atoms with Crippen molar-refractivity contribution < 1.29 is 9.90 Å². The molecule has 2 aromatic rings. The zero-order valence-electron chi connectivity index (χ0n) is 22.9. The first kappa shape index (κ1) is 29.5. The van der Waals surface area contributed by atoms with Crippen molar-refractivity contribution in [3.05, 3.63) is 63.1 Å². The number of benzene rings is 2. The molecule has 1 unspecified atom stereocenters. The van der Waals surface area contributed by atoms with Gasteiger partial charge in [-0.2, -0.15) is 0 Å². The van der Waals surface area contributed by atoms with Crippen molar-refractivity contribution in [1.82, 2.24) is 9.80 Å². The number of piperazine rings is 1. The van der Waals surface area contributed by atoms with Crippen LogP contribution in [0.1, 0.15) is 58.6 Å². The summed E-state index contributed by atoms with van der Waals surface area (Å²) in [5, 5.41) is 13.6. The predicted molar refractivity (Wildman–Crippen MR) is 158 cm³/mol. The van der Waals surface area contributed by atoms with Crippen LogP contribution in [-0.2, 0) is 4.79 Å². The number of carbonyl (C=O) groups excluding carboxylic acids is 1. The third-order valence-corrected chi connectivity index (χ3v) is 8.68. The van der Waals surface area contributed by atoms with E-state index in [1.54, 1.807) is 6.07 Å². The van der Waals surface area contributed by atoms with Crippen molar-refractivity contribution in [2.24, 2.45) is 11.3 Å². The normalized spacial score (nSPS) is 21.4. The summed E-state index contributed by atoms with van der Waals surface area (Å²) in [6, 6.07) is 13.7. The minimum absolute atomic E-state index is 0.0154. The third kappa shape index (κ3) is 7.37. The molecular formula is C30H40Cl3N3O2. The van der Waals surface area contributed by atoms with Crippen molar-refractivity contribution in [2.75, 3.05) is 44.2 Å². The molecule has 208 valence electrons. The molecule has 8 heteroatoms. The lowest BCUT2D eigenvalue weighted by molar-refractivity contribution is -0.136. The zero-order chi connectivity index (χ0) is 27.7. The molecule has 0 bridgehead atoms. The Kier molecular flexibility index (Phi) is 9.26. The van der Waals surface area contributed by atoms with Crippen LogP contribution in [0.3, 0.4) is 0 Å². The number of anilines is 1. The number of aliphatic hydroxyl groups is 1. The van der Waals surface area contributed by atoms with E-state index >= 15 is 0 Å². The highest BCUT2D eigenvalue weighted by Crippen LogP contribution is 2.38. The number of hydrogen-bond donors (Lipinski definition) is 1. The Labute approximate surface area is 242 Å². The van der Waals surface area contributed by atoms with Crippen LogP contribution in [-0.4, -0.2) is 65.7 Å². The van der Waals surface area contributed by atoms with Gasteiger partial charge in [-0.15, -0.1) is 0 Å². The summed E-state index contributed by atoms with van der Waals surface area (Å²) in [7, 11) is 0. The number of halogens is 3. The lowest BCUT2D eigenvalue weighted by Gasteiger charge is -2.47. The fourth-order valence-corrected chi connectivity index (χ4v) is 6.50. The molecule has 4 rings (SSSR count). The molecule has 2 aromatic carbocycles. The molecule has 2 fully saturated rings. The van der Waals surface area contributed by atoms with Gasteiger partial charge in [0.15, 0.2) is 0 Å². The molecule has 0 saturated carbocycles. The summed E-state index contributed by atoms with van der Waals surface area (Å²) in [6.07, 6.45) is 2.20. The Hall–Kier alpha value is -1.50. The molecule has 0 aromatic heterocycles. The fourth-order valence-electron chi connectivity index (χ4n) is 5.85. The van der Waals surface area contributed by atoms with Gasteiger partial charge in [0.1, 0.15) is 0 Å². The summed E-state index contributed by atoms with van der Waals surface area (Å²) in [4.78, 5) is 19.4. The lowest BCUT2D eigenvalue weighted by Crippen LogP contribution is -2.55. The molecule has 2 saturated heterocycles. The van der Waals surface area contributed by atoms with E-state index in [0.29, 0.717) is 41.1 Å². The third-order valence-electron chi connectivity index (χ3n) is 7.89. The molecule has 5 nitrogen and oxygen atoms in total. The zero-order valence-corrected chi connectivity index (χ0v) is 25.2. The molecular weight excluding hydrogens is 541 g/mol. The summed E-state index contributed by atoms with van der Waals surface area (Å²) in [5.74, 6) is 0.372. The van der Waals surface area contributed by atoms with Crippen LogP contribution in [0.15, 0.2) is 42.5 Å². The van der Waals surface area contributed by atoms with Gasteiger partial charge in [-0.1, -0.05) is 67.7 Å². The van der Waals surface area contributed by atoms with E-state index in [4.69, 9.17) is 34.8 Å². The fraction of sp³-hybridized carbons (Fsp3) is 0.567. The van der Waals surface area contributed by atoms with Crippen molar-refractivity contribution in [2.45, 2.75) is 58.6 Å². The van der Waals surface area contributed by atoms with Gasteiger partial charge in [0.25, 0.3) is 0 Å². The maximum atomic E-state index is 12.7. The maximum Gasteiger partial charge on any atom is 0.223 e. The first-order valence-corrected chi connectivity index (χ1v) is 14.7. The highest BCUT2D eigenvalue weighted by molar-refractivity contribution is 6.36. The molecule has 2 atom stereocenters. The highest BCUT2D eigenvalue weighted by atomic mass is 35.5. The molecule has 38 heavy (non-hydrogen) atoms. The number of rotatable bonds is 6. The average Bonchev–Trinajstić information content (AvgIpc) is 2.84. The van der Waals surface area contributed by atoms with Gasteiger partial charge in [0, 0.05) is 55.7 Å². The van der Waals surface area contributed by atoms with Gasteiger partial charge in [0.05, 0.1) is 22.4 Å². The second-order valence-electron chi connectivity index (χ2n) is 12.3. The minimum Gasteiger partial charge on any atom is -0.389 e. The molecule has 0 radical (unpaired) electrons. The average molecular weight is 581 g/mol. The van der Waals surface area contributed by atoms with Gasteiger partial charge in [-0.3, -0.25) is 9.69 Å². The second kappa shape index (κ2) is 11.9. The molecule has 2 aliphatic rings. The Morgan fingerprint density at radius 1 is 0.921 bits per heavy atom. The smallest absolute Gasteiger partial charge is 0.223 e. The van der Waals surface area contributed by atoms with E-state index in [0.717, 1.165) is 43.7 Å². The number of hydrogen-bond acceptors (Lipinski definition) is 4. The molecule has 0 aliphatic carbocycles. The maximum absolute atomic E-state index is 12.7. The highest BCUT2D eigenvalue weighted by Gasteiger charge is 2.39. The van der Waals surface area contributed by atoms with E-state index in [1.807, 2.05) is 36.1 Å². The van der Waals surface area contributed by atoms with Crippen molar-refractivity contribution in [3.8, 4) is 0 Å². The van der Waals surface area contributed by atoms with Crippen molar-refractivity contribution in [3.63, 3.8) is 0 Å². The van der Waals surface area contributed by atoms with Crippen molar-refractivity contribution >= 4 is 46.4 Å². The quantitative estimate of drug-likeness (QED) is 0.402. The largest absolute Gasteiger partial charge is 0.389 e. The second-order valence-corrected chi connectivity index (χ2v) is 13.6. The van der Waals surface area contributed by atoms with E-state index in [-0.39, 0.29) is 23.3 Å². The van der Waals surface area contributed by atoms with Crippen molar-refractivity contribution in [1.29, 1.82) is 0 Å². The van der Waals surface area contributed by atoms with E-state index < -0.39 is 5.60 Å². The van der Waals surface area contributed by atoms with Crippen LogP contribution in [0.5, 0.6) is 0 Å². The van der Waals surface area contributed by atoms with Gasteiger partial charge < -0.3 is 14.9 Å². The number of amides is 1. The molecule has 0 spiro atoms. The summed E-state index contributed by atoms with van der Waals surface area (Å²) in [6.45, 7) is 12.6. The van der Waals surface area contributed by atoms with Gasteiger partial charge in [-0.25, -0.2) is 0 Å². The molecule has 2 aliphatic heterocycles. The van der Waals surface area contributed by atoms with Crippen LogP contribution >= 0.6 is 34.8 Å². The van der Waals surface area contributed by atoms with Gasteiger partial charge in [-0.05, 0) is 67.0 Å². The number of piperidine rings is 1. The van der Waals surface area contributed by atoms with Crippen LogP contribution < -0.4 is 4.90 Å². The standard InChI is InChI=1S/C30H40Cl3N3O2/c1-29(2,3)18-28(37)35-13-11-22(12-14-35)30(4,38)20-34-15-16-36(26-10-9-24(32)17-25(26)33)27(19-34)21-5-7-23(31)8-6-21/h5-10,17,22,27,38H,11-16,18-20H2,1-4H3/t27-,30?/m0/s1. The minimum atomic E-state index is -0.843. The predicted octanol–water partition coefficient (Wildman–Crippen LogP) is 6.94. The number of β-amino-alcohol motifs (C(OH)–C–C–N with tert-alkyl or cyclic N) is 1. The van der Waals surface area contributed by atoms with Crippen LogP contribution in [0.4, 0.5) is 5.69 Å². The van der Waals surface area contributed by atoms with E-state index in [9.17, 15) is 9.90 Å². The first-order valence-electron chi connectivity index (χ1n) is 13.5. The van der Waals surface area contributed by atoms with E-state index in [2.05, 4.69) is 42.7 Å². The van der Waals surface area contributed by atoms with Gasteiger partial charge in [0.2, 0.25) is 5.91 Å². The summed E-state index contributed by atoms with van der Waals surface area (Å²) >= 11 is 19.0. The van der Waals surface area contributed by atoms with Gasteiger partial charge >= 0.3 is 0 Å². The molecule has 2 heterocycles. The Morgan fingerprint density at radius 3 is 2.16 bits per heavy atom. The van der Waals surface area contributed by atoms with Crippen LogP contribution in [0, 0.1) is 11.3 Å². The Morgan fingerprint density at radius 2 is 1.55 bits per heavy atom. The van der Waals surface area contributed by atoms with Crippen LogP contribution in [0.25, 0.3) is 0 Å². The number of likely N-dealkylation sites (tertiary alicyclic amines) is 1. The SMILES string of the molecule is CC(C)(C)CC(=O)N1CCC(C(C)(O)CN2CCN(c3ccc(Cl)cc3Cl)[C@H](c3ccc(Cl)cc3)C2)CC1. The van der Waals surface area contributed by atoms with Crippen LogP contribution in [0.2, 0.25) is 15.1 Å². The Bertz CT molecular complexity index is 1110. The number of carbonyl (C=O) groups is 1. The molecule has 1 amide bonds. The lowest BCUT2D eigenvalue weighted by atomic mass is 9.80. The Balaban J connectivity index is 1.45. The first-order chi connectivity index (χ1) is 17.8. The topological polar surface area (TPSA) is 47.0 Å².